The average molecular weight is 322 g/mol. The number of aromatic nitrogens is 2. The van der Waals surface area contributed by atoms with Crippen LogP contribution in [0.3, 0.4) is 0 Å². The summed E-state index contributed by atoms with van der Waals surface area (Å²) in [6, 6.07) is 7.10. The third kappa shape index (κ3) is 2.61. The molecule has 2 heterocycles. The first-order valence-corrected chi connectivity index (χ1v) is 7.44. The van der Waals surface area contributed by atoms with Gasteiger partial charge in [-0.1, -0.05) is 18.5 Å². The van der Waals surface area contributed by atoms with Crippen LogP contribution in [0.15, 0.2) is 30.5 Å². The first-order chi connectivity index (χ1) is 10.1. The topological polar surface area (TPSA) is 46.1 Å². The SMILES string of the molecule is CCC1C(=O)Cc2cnc(Cl)nc2N1c1ccc(Cl)cc1. The van der Waals surface area contributed by atoms with Crippen LogP contribution in [-0.4, -0.2) is 21.8 Å². The Morgan fingerprint density at radius 2 is 2.00 bits per heavy atom. The number of hydrogen-bond donors (Lipinski definition) is 0. The van der Waals surface area contributed by atoms with E-state index in [-0.39, 0.29) is 17.1 Å². The minimum atomic E-state index is -0.246. The van der Waals surface area contributed by atoms with Crippen molar-refractivity contribution in [2.24, 2.45) is 0 Å². The number of halogens is 2. The van der Waals surface area contributed by atoms with Gasteiger partial charge in [0.25, 0.3) is 0 Å². The molecule has 1 unspecified atom stereocenters. The number of fused-ring (bicyclic) bond motifs is 1. The average Bonchev–Trinajstić information content (AvgIpc) is 2.47. The third-order valence-electron chi connectivity index (χ3n) is 3.58. The number of nitrogens with zero attached hydrogens (tertiary/aromatic N) is 3. The van der Waals surface area contributed by atoms with Gasteiger partial charge in [-0.05, 0) is 42.3 Å². The second-order valence-electron chi connectivity index (χ2n) is 4.90. The number of ketones is 1. The molecule has 4 nitrogen and oxygen atoms in total. The molecule has 6 heteroatoms. The van der Waals surface area contributed by atoms with Crippen molar-refractivity contribution in [2.75, 3.05) is 4.90 Å². The minimum absolute atomic E-state index is 0.158. The molecule has 1 aromatic carbocycles. The second-order valence-corrected chi connectivity index (χ2v) is 5.68. The summed E-state index contributed by atoms with van der Waals surface area (Å²) in [4.78, 5) is 22.6. The van der Waals surface area contributed by atoms with Gasteiger partial charge in [0.1, 0.15) is 5.82 Å². The fourth-order valence-corrected chi connectivity index (χ4v) is 2.88. The summed E-state index contributed by atoms with van der Waals surface area (Å²) < 4.78 is 0. The lowest BCUT2D eigenvalue weighted by atomic mass is 9.95. The molecule has 0 radical (unpaired) electrons. The second kappa shape index (κ2) is 5.62. The lowest BCUT2D eigenvalue weighted by Gasteiger charge is -2.36. The zero-order chi connectivity index (χ0) is 15.0. The van der Waals surface area contributed by atoms with E-state index in [1.54, 1.807) is 18.3 Å². The zero-order valence-corrected chi connectivity index (χ0v) is 12.9. The van der Waals surface area contributed by atoms with Gasteiger partial charge in [0.15, 0.2) is 5.78 Å². The van der Waals surface area contributed by atoms with E-state index >= 15 is 0 Å². The molecule has 0 bridgehead atoms. The Morgan fingerprint density at radius 3 is 2.67 bits per heavy atom. The van der Waals surface area contributed by atoms with Gasteiger partial charge in [0.05, 0.1) is 6.04 Å². The van der Waals surface area contributed by atoms with Crippen molar-refractivity contribution in [1.82, 2.24) is 9.97 Å². The Labute approximate surface area is 132 Å². The number of Topliss-reactive ketones (excluding diaryl/α,β-unsaturated/α-hetero) is 1. The highest BCUT2D eigenvalue weighted by molar-refractivity contribution is 6.30. The van der Waals surface area contributed by atoms with Crippen LogP contribution in [-0.2, 0) is 11.2 Å². The molecule has 0 amide bonds. The predicted molar refractivity (Wildman–Crippen MR) is 83.4 cm³/mol. The Kier molecular flexibility index (Phi) is 3.83. The van der Waals surface area contributed by atoms with Crippen molar-refractivity contribution in [3.8, 4) is 0 Å². The van der Waals surface area contributed by atoms with Gasteiger partial charge >= 0.3 is 0 Å². The van der Waals surface area contributed by atoms with Crippen LogP contribution in [0.5, 0.6) is 0 Å². The Bertz CT molecular complexity index is 688. The van der Waals surface area contributed by atoms with Gasteiger partial charge < -0.3 is 4.90 Å². The van der Waals surface area contributed by atoms with Gasteiger partial charge in [-0.15, -0.1) is 0 Å². The van der Waals surface area contributed by atoms with Crippen LogP contribution >= 0.6 is 23.2 Å². The van der Waals surface area contributed by atoms with E-state index in [2.05, 4.69) is 9.97 Å². The highest BCUT2D eigenvalue weighted by Crippen LogP contribution is 2.35. The number of carbonyl (C=O) groups excluding carboxylic acids is 1. The number of carbonyl (C=O) groups is 1. The maximum absolute atomic E-state index is 12.4. The summed E-state index contributed by atoms with van der Waals surface area (Å²) >= 11 is 11.9. The molecule has 1 aliphatic heterocycles. The van der Waals surface area contributed by atoms with Crippen LogP contribution < -0.4 is 4.90 Å². The fourth-order valence-electron chi connectivity index (χ4n) is 2.62. The quantitative estimate of drug-likeness (QED) is 0.789. The van der Waals surface area contributed by atoms with E-state index in [9.17, 15) is 4.79 Å². The molecule has 1 aromatic heterocycles. The van der Waals surface area contributed by atoms with Crippen LogP contribution in [0, 0.1) is 0 Å². The van der Waals surface area contributed by atoms with E-state index in [1.165, 1.54) is 0 Å². The highest BCUT2D eigenvalue weighted by atomic mass is 35.5. The zero-order valence-electron chi connectivity index (χ0n) is 11.4. The van der Waals surface area contributed by atoms with Crippen molar-refractivity contribution < 1.29 is 4.79 Å². The van der Waals surface area contributed by atoms with Crippen molar-refractivity contribution in [1.29, 1.82) is 0 Å². The predicted octanol–water partition coefficient (Wildman–Crippen LogP) is 3.83. The summed E-state index contributed by atoms with van der Waals surface area (Å²) in [5.41, 5.74) is 1.67. The standard InChI is InChI=1S/C15H13Cl2N3O/c1-2-12-13(21)7-9-8-18-15(17)19-14(9)20(12)11-5-3-10(16)4-6-11/h3-6,8,12H,2,7H2,1H3. The minimum Gasteiger partial charge on any atom is -0.315 e. The molecule has 0 saturated heterocycles. The monoisotopic (exact) mass is 321 g/mol. The van der Waals surface area contributed by atoms with E-state index in [4.69, 9.17) is 23.2 Å². The van der Waals surface area contributed by atoms with E-state index in [0.717, 1.165) is 11.3 Å². The van der Waals surface area contributed by atoms with Gasteiger partial charge in [0.2, 0.25) is 5.28 Å². The maximum Gasteiger partial charge on any atom is 0.224 e. The molecule has 0 fully saturated rings. The lowest BCUT2D eigenvalue weighted by Crippen LogP contribution is -2.43. The summed E-state index contributed by atoms with van der Waals surface area (Å²) in [5.74, 6) is 0.856. The van der Waals surface area contributed by atoms with Crippen molar-refractivity contribution in [3.05, 3.63) is 46.3 Å². The molecular weight excluding hydrogens is 309 g/mol. The van der Waals surface area contributed by atoms with Crippen LogP contribution in [0.1, 0.15) is 18.9 Å². The fraction of sp³-hybridized carbons (Fsp3) is 0.267. The Balaban J connectivity index is 2.16. The molecule has 0 N–H and O–H groups in total. The number of rotatable bonds is 2. The molecular formula is C15H13Cl2N3O. The molecule has 0 spiro atoms. The van der Waals surface area contributed by atoms with Gasteiger partial charge in [-0.25, -0.2) is 4.98 Å². The van der Waals surface area contributed by atoms with E-state index in [1.807, 2.05) is 24.0 Å². The van der Waals surface area contributed by atoms with Crippen LogP contribution in [0.4, 0.5) is 11.5 Å². The first kappa shape index (κ1) is 14.3. The molecule has 21 heavy (non-hydrogen) atoms. The van der Waals surface area contributed by atoms with E-state index < -0.39 is 0 Å². The third-order valence-corrected chi connectivity index (χ3v) is 4.01. The largest absolute Gasteiger partial charge is 0.315 e. The molecule has 3 rings (SSSR count). The molecule has 1 aliphatic rings. The molecule has 108 valence electrons. The molecule has 0 saturated carbocycles. The summed E-state index contributed by atoms with van der Waals surface area (Å²) in [7, 11) is 0. The van der Waals surface area contributed by atoms with Crippen LogP contribution in [0.25, 0.3) is 0 Å². The van der Waals surface area contributed by atoms with Crippen LogP contribution in [0.2, 0.25) is 10.3 Å². The lowest BCUT2D eigenvalue weighted by molar-refractivity contribution is -0.120. The van der Waals surface area contributed by atoms with Crippen molar-refractivity contribution >= 4 is 40.5 Å². The molecule has 2 aromatic rings. The van der Waals surface area contributed by atoms with Crippen molar-refractivity contribution in [2.45, 2.75) is 25.8 Å². The summed E-state index contributed by atoms with van der Waals surface area (Å²) in [6.45, 7) is 1.99. The van der Waals surface area contributed by atoms with E-state index in [0.29, 0.717) is 23.7 Å². The van der Waals surface area contributed by atoms with Gasteiger partial charge in [0, 0.05) is 28.9 Å². The molecule has 0 aliphatic carbocycles. The smallest absolute Gasteiger partial charge is 0.224 e. The number of benzene rings is 1. The first-order valence-electron chi connectivity index (χ1n) is 6.69. The van der Waals surface area contributed by atoms with Crippen molar-refractivity contribution in [3.63, 3.8) is 0 Å². The highest BCUT2D eigenvalue weighted by Gasteiger charge is 2.34. The Morgan fingerprint density at radius 1 is 1.29 bits per heavy atom. The Hall–Kier alpha value is -1.65. The summed E-state index contributed by atoms with van der Waals surface area (Å²) in [5, 5.41) is 0.827. The normalized spacial score (nSPS) is 17.8. The number of hydrogen-bond acceptors (Lipinski definition) is 4. The summed E-state index contributed by atoms with van der Waals surface area (Å²) in [6.07, 6.45) is 2.66. The van der Waals surface area contributed by atoms with Gasteiger partial charge in [-0.2, -0.15) is 4.98 Å². The number of anilines is 2. The molecule has 1 atom stereocenters. The van der Waals surface area contributed by atoms with Gasteiger partial charge in [-0.3, -0.25) is 4.79 Å². The maximum atomic E-state index is 12.4.